The molecule has 14 heavy (non-hydrogen) atoms. The number of carbonyl (C=O) groups excluding carboxylic acids is 1. The number of halogens is 2. The zero-order valence-corrected chi connectivity index (χ0v) is 9.07. The van der Waals surface area contributed by atoms with Gasteiger partial charge in [-0.05, 0) is 0 Å². The summed E-state index contributed by atoms with van der Waals surface area (Å²) in [5.41, 5.74) is 0. The topological polar surface area (TPSA) is 109 Å². The van der Waals surface area contributed by atoms with Crippen molar-refractivity contribution in [1.29, 1.82) is 0 Å². The summed E-state index contributed by atoms with van der Waals surface area (Å²) in [6, 6.07) is 0. The summed E-state index contributed by atoms with van der Waals surface area (Å²) in [5, 5.41) is 0. The van der Waals surface area contributed by atoms with E-state index in [1.165, 1.54) is 0 Å². The summed E-state index contributed by atoms with van der Waals surface area (Å²) >= 11 is -0.833. The molecule has 0 unspecified atom stereocenters. The van der Waals surface area contributed by atoms with Gasteiger partial charge >= 0.3 is 16.8 Å². The fourth-order valence-electron chi connectivity index (χ4n) is 0.510. The van der Waals surface area contributed by atoms with Crippen molar-refractivity contribution >= 4 is 6.29 Å². The van der Waals surface area contributed by atoms with Crippen molar-refractivity contribution in [2.75, 3.05) is 0 Å². The van der Waals surface area contributed by atoms with Crippen molar-refractivity contribution in [2.45, 2.75) is 0 Å². The van der Waals surface area contributed by atoms with Gasteiger partial charge in [0, 0.05) is 0 Å². The first-order chi connectivity index (χ1) is 6.26. The van der Waals surface area contributed by atoms with E-state index in [0.29, 0.717) is 0 Å². The fourth-order valence-corrected chi connectivity index (χ4v) is 0.510. The number of rotatable bonds is 1. The first-order valence-corrected chi connectivity index (χ1v) is 4.01. The van der Waals surface area contributed by atoms with E-state index in [-0.39, 0.29) is 22.7 Å². The standard InChI is InChI=1S/C6H5O.2ClO2.Co/c7-5-6-3-1-2-4-6;2*2-1-3;/h1-4,6H;;;/q3*-1;+3. The molecule has 0 fully saturated rings. The van der Waals surface area contributed by atoms with E-state index in [0.717, 1.165) is 0 Å². The van der Waals surface area contributed by atoms with E-state index in [1.807, 2.05) is 18.4 Å². The Kier molecular flexibility index (Phi) is 26.3. The summed E-state index contributed by atoms with van der Waals surface area (Å²) in [7, 11) is 0. The third-order valence-corrected chi connectivity index (χ3v) is 0.884. The van der Waals surface area contributed by atoms with Gasteiger partial charge in [0.05, 0.1) is 22.7 Å². The maximum absolute atomic E-state index is 9.78. The molecule has 0 spiro atoms. The Balaban J connectivity index is -0.000000150. The van der Waals surface area contributed by atoms with E-state index < -0.39 is 22.7 Å². The molecule has 0 heterocycles. The zero-order chi connectivity index (χ0) is 10.5. The SMILES string of the molecule is O=[C-]C1C=CC=C1.[Co+3].[O-][Cl+][O-].[O-][Cl+][O-]. The first kappa shape index (κ1) is 19.6. The molecule has 0 aliphatic heterocycles. The van der Waals surface area contributed by atoms with Crippen LogP contribution in [0.25, 0.3) is 0 Å². The monoisotopic (exact) mass is 286 g/mol. The van der Waals surface area contributed by atoms with E-state index in [2.05, 4.69) is 0 Å². The molecule has 0 saturated carbocycles. The Morgan fingerprint density at radius 3 is 1.43 bits per heavy atom. The van der Waals surface area contributed by atoms with Crippen LogP contribution in [0.3, 0.4) is 0 Å². The average Bonchev–Trinajstić information content (AvgIpc) is 2.58. The zero-order valence-electron chi connectivity index (χ0n) is 6.52. The van der Waals surface area contributed by atoms with E-state index in [1.54, 1.807) is 12.2 Å². The molecule has 8 heteroatoms. The minimum absolute atomic E-state index is 0. The molecule has 0 saturated heterocycles. The van der Waals surface area contributed by atoms with Crippen LogP contribution in [-0.2, 0) is 21.6 Å². The predicted octanol–water partition coefficient (Wildman–Crippen LogP) is -3.92. The predicted molar refractivity (Wildman–Crippen MR) is 27.5 cm³/mol. The molecule has 0 aromatic heterocycles. The summed E-state index contributed by atoms with van der Waals surface area (Å²) < 4.78 is 32.9. The molecule has 0 aromatic carbocycles. The summed E-state index contributed by atoms with van der Waals surface area (Å²) in [6.45, 7) is 0. The van der Waals surface area contributed by atoms with Gasteiger partial charge in [0.15, 0.2) is 0 Å². The molecule has 1 rings (SSSR count). The Labute approximate surface area is 99.5 Å². The molecule has 82 valence electrons. The van der Waals surface area contributed by atoms with Gasteiger partial charge in [0.25, 0.3) is 0 Å². The molecule has 0 bridgehead atoms. The van der Waals surface area contributed by atoms with Crippen molar-refractivity contribution in [2.24, 2.45) is 5.92 Å². The van der Waals surface area contributed by atoms with Crippen LogP contribution in [0.15, 0.2) is 24.3 Å². The van der Waals surface area contributed by atoms with Crippen molar-refractivity contribution < 1.29 is 62.9 Å². The second-order valence-electron chi connectivity index (χ2n) is 1.54. The molecule has 0 N–H and O–H groups in total. The van der Waals surface area contributed by atoms with Crippen molar-refractivity contribution in [3.8, 4) is 0 Å². The van der Waals surface area contributed by atoms with E-state index in [9.17, 15) is 4.79 Å². The summed E-state index contributed by atoms with van der Waals surface area (Å²) in [4.78, 5) is 9.78. The molecule has 0 atom stereocenters. The van der Waals surface area contributed by atoms with Crippen LogP contribution in [0.1, 0.15) is 0 Å². The van der Waals surface area contributed by atoms with E-state index >= 15 is 0 Å². The van der Waals surface area contributed by atoms with Crippen LogP contribution in [0, 0.1) is 28.6 Å². The molecule has 0 aromatic rings. The molecular weight excluding hydrogens is 282 g/mol. The van der Waals surface area contributed by atoms with Gasteiger partial charge in [-0.15, -0.1) is 18.1 Å². The van der Waals surface area contributed by atoms with Crippen LogP contribution in [0.2, 0.25) is 0 Å². The Bertz CT molecular complexity index is 150. The summed E-state index contributed by atoms with van der Waals surface area (Å²) in [6.07, 6.45) is 9.12. The van der Waals surface area contributed by atoms with Gasteiger partial charge in [-0.3, -0.25) is 6.29 Å². The molecule has 1 aliphatic rings. The number of allylic oxidation sites excluding steroid dienone is 4. The van der Waals surface area contributed by atoms with Crippen LogP contribution >= 0.6 is 0 Å². The minimum atomic E-state index is -0.417. The molecule has 5 nitrogen and oxygen atoms in total. The van der Waals surface area contributed by atoms with Gasteiger partial charge in [0.2, 0.25) is 0 Å². The molecule has 0 amide bonds. The second kappa shape index (κ2) is 18.8. The molecule has 0 radical (unpaired) electrons. The first-order valence-electron chi connectivity index (χ1n) is 2.78. The number of hydrogen-bond donors (Lipinski definition) is 0. The van der Waals surface area contributed by atoms with E-state index in [4.69, 9.17) is 18.6 Å². The van der Waals surface area contributed by atoms with Gasteiger partial charge in [0.1, 0.15) is 0 Å². The normalized spacial score (nSPS) is 11.7. The quantitative estimate of drug-likeness (QED) is 0.458. The largest absolute Gasteiger partial charge is 3.00 e. The van der Waals surface area contributed by atoms with Gasteiger partial charge < -0.3 is 23.4 Å². The Hall–Kier alpha value is 0.0765. The fraction of sp³-hybridized carbons (Fsp3) is 0.167. The van der Waals surface area contributed by atoms with Crippen molar-refractivity contribution in [1.82, 2.24) is 0 Å². The maximum atomic E-state index is 9.78. The molecule has 1 aliphatic carbocycles. The maximum Gasteiger partial charge on any atom is 3.00 e. The van der Waals surface area contributed by atoms with Crippen LogP contribution in [-0.4, -0.2) is 6.29 Å². The molecular formula is C6H5Cl2CoO5. The third-order valence-electron chi connectivity index (χ3n) is 0.884. The smallest absolute Gasteiger partial charge is 0.544 e. The van der Waals surface area contributed by atoms with Gasteiger partial charge in [-0.25, -0.2) is 0 Å². The van der Waals surface area contributed by atoms with Crippen molar-refractivity contribution in [3.63, 3.8) is 0 Å². The minimum Gasteiger partial charge on any atom is -0.544 e. The van der Waals surface area contributed by atoms with Gasteiger partial charge in [-0.1, -0.05) is 12.2 Å². The van der Waals surface area contributed by atoms with Crippen LogP contribution in [0.4, 0.5) is 0 Å². The van der Waals surface area contributed by atoms with Crippen molar-refractivity contribution in [3.05, 3.63) is 24.3 Å². The van der Waals surface area contributed by atoms with Gasteiger partial charge in [-0.2, -0.15) is 0 Å². The Morgan fingerprint density at radius 1 is 1.00 bits per heavy atom. The number of hydrogen-bond acceptors (Lipinski definition) is 5. The second-order valence-corrected chi connectivity index (χ2v) is 1.79. The van der Waals surface area contributed by atoms with Crippen LogP contribution < -0.4 is 18.6 Å². The Morgan fingerprint density at radius 2 is 1.29 bits per heavy atom. The van der Waals surface area contributed by atoms with Crippen LogP contribution in [0.5, 0.6) is 0 Å². The summed E-state index contributed by atoms with van der Waals surface area (Å²) in [5.74, 6) is -0.0694. The third kappa shape index (κ3) is 18.0. The average molecular weight is 287 g/mol.